The molecule has 4 atom stereocenters. The summed E-state index contributed by atoms with van der Waals surface area (Å²) in [6.07, 6.45) is -4.60. The third-order valence-corrected chi connectivity index (χ3v) is 3.05. The molecule has 0 aromatic heterocycles. The molecule has 5 nitrogen and oxygen atoms in total. The van der Waals surface area contributed by atoms with Crippen LogP contribution in [0.5, 0.6) is 5.75 Å². The van der Waals surface area contributed by atoms with Crippen molar-refractivity contribution in [2.75, 3.05) is 6.61 Å². The molecule has 2 rings (SSSR count). The second-order valence-electron chi connectivity index (χ2n) is 3.82. The highest BCUT2D eigenvalue weighted by atomic mass is 79.9. The summed E-state index contributed by atoms with van der Waals surface area (Å²) < 4.78 is 11.4. The summed E-state index contributed by atoms with van der Waals surface area (Å²) in [7, 11) is 0. The molecule has 0 amide bonds. The van der Waals surface area contributed by atoms with Crippen LogP contribution in [0.1, 0.15) is 0 Å². The summed E-state index contributed by atoms with van der Waals surface area (Å²) in [5.74, 6) is 0.515. The Morgan fingerprint density at radius 3 is 2.41 bits per heavy atom. The van der Waals surface area contributed by atoms with E-state index in [1.165, 1.54) is 0 Å². The molecule has 1 aromatic carbocycles. The number of hydrogen-bond donors (Lipinski definition) is 3. The van der Waals surface area contributed by atoms with Crippen molar-refractivity contribution in [3.63, 3.8) is 0 Å². The lowest BCUT2D eigenvalue weighted by atomic mass is 10.1. The maximum atomic E-state index is 9.65. The molecule has 17 heavy (non-hydrogen) atoms. The van der Waals surface area contributed by atoms with Crippen LogP contribution in [0.25, 0.3) is 0 Å². The lowest BCUT2D eigenvalue weighted by Crippen LogP contribution is -2.54. The van der Waals surface area contributed by atoms with E-state index in [9.17, 15) is 15.3 Å². The summed E-state index contributed by atoms with van der Waals surface area (Å²) in [4.78, 5) is 0. The molecular weight excluding hydrogens is 292 g/mol. The van der Waals surface area contributed by atoms with Crippen molar-refractivity contribution in [1.82, 2.24) is 0 Å². The minimum atomic E-state index is -1.28. The third-order valence-electron chi connectivity index (χ3n) is 2.52. The molecule has 6 heteroatoms. The van der Waals surface area contributed by atoms with Gasteiger partial charge in [0.15, 0.2) is 0 Å². The van der Waals surface area contributed by atoms with Crippen LogP contribution in [0, 0.1) is 0 Å². The smallest absolute Gasteiger partial charge is 0.228 e. The van der Waals surface area contributed by atoms with E-state index in [0.717, 1.165) is 4.47 Å². The molecular formula is C11H13BrO5. The summed E-state index contributed by atoms with van der Waals surface area (Å²) in [6, 6.07) is 6.99. The predicted molar refractivity (Wildman–Crippen MR) is 62.5 cm³/mol. The maximum Gasteiger partial charge on any atom is 0.228 e. The summed E-state index contributed by atoms with van der Waals surface area (Å²) in [5, 5.41) is 28.4. The number of benzene rings is 1. The molecule has 0 bridgehead atoms. The van der Waals surface area contributed by atoms with E-state index in [1.54, 1.807) is 24.3 Å². The summed E-state index contributed by atoms with van der Waals surface area (Å²) in [5.41, 5.74) is 0. The first kappa shape index (κ1) is 12.8. The van der Waals surface area contributed by atoms with Crippen molar-refractivity contribution in [3.05, 3.63) is 28.7 Å². The molecule has 1 aromatic rings. The Kier molecular flexibility index (Phi) is 4.01. The second-order valence-corrected chi connectivity index (χ2v) is 4.74. The zero-order chi connectivity index (χ0) is 12.4. The predicted octanol–water partition coefficient (Wildman–Crippen LogP) is 0.267. The molecule has 0 saturated carbocycles. The Hall–Kier alpha value is -0.660. The van der Waals surface area contributed by atoms with Crippen molar-refractivity contribution >= 4 is 15.9 Å². The highest BCUT2D eigenvalue weighted by Gasteiger charge is 2.38. The van der Waals surface area contributed by atoms with E-state index >= 15 is 0 Å². The van der Waals surface area contributed by atoms with Crippen LogP contribution in [0.15, 0.2) is 28.7 Å². The molecule has 3 N–H and O–H groups in total. The van der Waals surface area contributed by atoms with E-state index in [0.29, 0.717) is 5.75 Å². The number of aliphatic hydroxyl groups is 3. The fourth-order valence-corrected chi connectivity index (χ4v) is 1.79. The highest BCUT2D eigenvalue weighted by molar-refractivity contribution is 9.10. The molecule has 1 heterocycles. The largest absolute Gasteiger partial charge is 0.462 e. The van der Waals surface area contributed by atoms with Crippen LogP contribution >= 0.6 is 15.9 Å². The van der Waals surface area contributed by atoms with Gasteiger partial charge in [0.05, 0.1) is 6.61 Å². The van der Waals surface area contributed by atoms with E-state index < -0.39 is 24.6 Å². The number of halogens is 1. The van der Waals surface area contributed by atoms with E-state index in [-0.39, 0.29) is 6.61 Å². The first-order valence-corrected chi connectivity index (χ1v) is 5.95. The Bertz CT molecular complexity index is 369. The van der Waals surface area contributed by atoms with Crippen LogP contribution < -0.4 is 4.74 Å². The maximum absolute atomic E-state index is 9.65. The Balaban J connectivity index is 2.01. The van der Waals surface area contributed by atoms with Crippen molar-refractivity contribution < 1.29 is 24.8 Å². The van der Waals surface area contributed by atoms with Crippen molar-refractivity contribution in [2.45, 2.75) is 24.6 Å². The van der Waals surface area contributed by atoms with Gasteiger partial charge in [-0.15, -0.1) is 0 Å². The van der Waals surface area contributed by atoms with Gasteiger partial charge in [0.25, 0.3) is 0 Å². The number of aliphatic hydroxyl groups excluding tert-OH is 3. The van der Waals surface area contributed by atoms with E-state index in [1.807, 2.05) is 0 Å². The monoisotopic (exact) mass is 304 g/mol. The van der Waals surface area contributed by atoms with Gasteiger partial charge in [-0.3, -0.25) is 0 Å². The zero-order valence-electron chi connectivity index (χ0n) is 8.86. The topological polar surface area (TPSA) is 79.2 Å². The SMILES string of the molecule is OC1[C@H](Oc2ccc(Br)cc2)OC[C@H](O)[C@H]1O. The molecule has 0 aliphatic carbocycles. The quantitative estimate of drug-likeness (QED) is 0.731. The third kappa shape index (κ3) is 2.97. The molecule has 0 radical (unpaired) electrons. The van der Waals surface area contributed by atoms with Gasteiger partial charge < -0.3 is 24.8 Å². The normalized spacial score (nSPS) is 33.4. The molecule has 1 saturated heterocycles. The van der Waals surface area contributed by atoms with E-state index in [4.69, 9.17) is 9.47 Å². The lowest BCUT2D eigenvalue weighted by molar-refractivity contribution is -0.242. The molecule has 94 valence electrons. The van der Waals surface area contributed by atoms with Crippen molar-refractivity contribution in [3.8, 4) is 5.75 Å². The standard InChI is InChI=1S/C11H13BrO5/c12-6-1-3-7(4-2-6)17-11-10(15)9(14)8(13)5-16-11/h1-4,8-11,13-15H,5H2/t8-,9+,10?,11-/m0/s1. The average Bonchev–Trinajstić information content (AvgIpc) is 2.33. The van der Waals surface area contributed by atoms with Gasteiger partial charge in [-0.1, -0.05) is 15.9 Å². The van der Waals surface area contributed by atoms with Crippen LogP contribution in [-0.4, -0.2) is 46.5 Å². The lowest BCUT2D eigenvalue weighted by Gasteiger charge is -2.34. The fourth-order valence-electron chi connectivity index (χ4n) is 1.53. The molecule has 1 fully saturated rings. The minimum Gasteiger partial charge on any atom is -0.462 e. The molecule has 1 unspecified atom stereocenters. The van der Waals surface area contributed by atoms with Gasteiger partial charge in [-0.2, -0.15) is 0 Å². The molecule has 0 spiro atoms. The first-order valence-electron chi connectivity index (χ1n) is 5.16. The second kappa shape index (κ2) is 5.32. The molecule has 1 aliphatic heterocycles. The number of hydrogen-bond acceptors (Lipinski definition) is 5. The van der Waals surface area contributed by atoms with Gasteiger partial charge >= 0.3 is 0 Å². The highest BCUT2D eigenvalue weighted by Crippen LogP contribution is 2.22. The summed E-state index contributed by atoms with van der Waals surface area (Å²) in [6.45, 7) is -0.0700. The van der Waals surface area contributed by atoms with Crippen LogP contribution in [0.4, 0.5) is 0 Å². The summed E-state index contributed by atoms with van der Waals surface area (Å²) >= 11 is 3.29. The fraction of sp³-hybridized carbons (Fsp3) is 0.455. The van der Waals surface area contributed by atoms with E-state index in [2.05, 4.69) is 15.9 Å². The van der Waals surface area contributed by atoms with Gasteiger partial charge in [0, 0.05) is 4.47 Å². The Morgan fingerprint density at radius 2 is 1.76 bits per heavy atom. The van der Waals surface area contributed by atoms with Crippen molar-refractivity contribution in [2.24, 2.45) is 0 Å². The average molecular weight is 305 g/mol. The zero-order valence-corrected chi connectivity index (χ0v) is 10.4. The van der Waals surface area contributed by atoms with Crippen LogP contribution in [0.2, 0.25) is 0 Å². The Morgan fingerprint density at radius 1 is 1.12 bits per heavy atom. The van der Waals surface area contributed by atoms with Gasteiger partial charge in [0.2, 0.25) is 6.29 Å². The van der Waals surface area contributed by atoms with Crippen LogP contribution in [-0.2, 0) is 4.74 Å². The van der Waals surface area contributed by atoms with Gasteiger partial charge in [0.1, 0.15) is 24.1 Å². The van der Waals surface area contributed by atoms with Gasteiger partial charge in [-0.25, -0.2) is 0 Å². The Labute approximate surface area is 107 Å². The van der Waals surface area contributed by atoms with Crippen LogP contribution in [0.3, 0.4) is 0 Å². The van der Waals surface area contributed by atoms with Gasteiger partial charge in [-0.05, 0) is 24.3 Å². The number of ether oxygens (including phenoxy) is 2. The minimum absolute atomic E-state index is 0.0700. The number of rotatable bonds is 2. The van der Waals surface area contributed by atoms with Crippen molar-refractivity contribution in [1.29, 1.82) is 0 Å². The molecule has 1 aliphatic rings. The first-order chi connectivity index (χ1) is 8.08.